The highest BCUT2D eigenvalue weighted by atomic mass is 35.5. The Hall–Kier alpha value is -1.88. The van der Waals surface area contributed by atoms with E-state index in [1.165, 1.54) is 0 Å². The van der Waals surface area contributed by atoms with Crippen LogP contribution < -0.4 is 5.32 Å². The molecule has 1 amide bonds. The van der Waals surface area contributed by atoms with Crippen molar-refractivity contribution in [3.63, 3.8) is 0 Å². The summed E-state index contributed by atoms with van der Waals surface area (Å²) in [6, 6.07) is 5.67. The molecule has 0 bridgehead atoms. The first-order valence-electron chi connectivity index (χ1n) is 6.40. The van der Waals surface area contributed by atoms with E-state index in [2.05, 4.69) is 15.6 Å². The second kappa shape index (κ2) is 5.63. The van der Waals surface area contributed by atoms with E-state index in [4.69, 9.17) is 11.6 Å². The maximum absolute atomic E-state index is 12.0. The molecular formula is C14H17ClN4O. The molecule has 0 atom stereocenters. The van der Waals surface area contributed by atoms with Crippen LogP contribution in [0.5, 0.6) is 0 Å². The van der Waals surface area contributed by atoms with Gasteiger partial charge in [0.05, 0.1) is 11.4 Å². The van der Waals surface area contributed by atoms with E-state index in [9.17, 15) is 4.79 Å². The Morgan fingerprint density at radius 2 is 2.05 bits per heavy atom. The fourth-order valence-corrected chi connectivity index (χ4v) is 2.00. The lowest BCUT2D eigenvalue weighted by atomic mass is 10.2. The first kappa shape index (κ1) is 14.5. The number of nitrogens with zero attached hydrogens (tertiary/aromatic N) is 3. The van der Waals surface area contributed by atoms with Gasteiger partial charge in [0.2, 0.25) is 0 Å². The van der Waals surface area contributed by atoms with E-state index in [1.54, 1.807) is 4.68 Å². The minimum Gasteiger partial charge on any atom is -0.348 e. The van der Waals surface area contributed by atoms with Crippen molar-refractivity contribution in [2.75, 3.05) is 0 Å². The van der Waals surface area contributed by atoms with E-state index in [1.807, 2.05) is 45.9 Å². The van der Waals surface area contributed by atoms with E-state index >= 15 is 0 Å². The normalized spacial score (nSPS) is 10.9. The monoisotopic (exact) mass is 292 g/mol. The third kappa shape index (κ3) is 2.82. The third-order valence-electron chi connectivity index (χ3n) is 2.93. The average Bonchev–Trinajstić information content (AvgIpc) is 2.74. The minimum atomic E-state index is -0.220. The van der Waals surface area contributed by atoms with Gasteiger partial charge < -0.3 is 5.32 Å². The second-order valence-corrected chi connectivity index (χ2v) is 5.40. The van der Waals surface area contributed by atoms with E-state index in [0.29, 0.717) is 16.4 Å². The van der Waals surface area contributed by atoms with Crippen molar-refractivity contribution in [1.82, 2.24) is 20.3 Å². The van der Waals surface area contributed by atoms with Gasteiger partial charge in [-0.3, -0.25) is 4.79 Å². The van der Waals surface area contributed by atoms with Crippen molar-refractivity contribution in [2.45, 2.75) is 33.7 Å². The van der Waals surface area contributed by atoms with Gasteiger partial charge in [0.25, 0.3) is 5.91 Å². The lowest BCUT2D eigenvalue weighted by Crippen LogP contribution is -2.30. The first-order chi connectivity index (χ1) is 9.40. The number of benzene rings is 1. The Kier molecular flexibility index (Phi) is 4.09. The summed E-state index contributed by atoms with van der Waals surface area (Å²) >= 11 is 6.11. The van der Waals surface area contributed by atoms with Gasteiger partial charge in [0.15, 0.2) is 5.69 Å². The maximum atomic E-state index is 12.0. The zero-order valence-electron chi connectivity index (χ0n) is 11.9. The van der Waals surface area contributed by atoms with Crippen LogP contribution in [-0.4, -0.2) is 26.9 Å². The van der Waals surface area contributed by atoms with Crippen LogP contribution in [0.15, 0.2) is 18.2 Å². The third-order valence-corrected chi connectivity index (χ3v) is 3.34. The SMILES string of the molecule is Cc1ccc(-n2nnc(C(=O)NC(C)C)c2C)cc1Cl. The van der Waals surface area contributed by atoms with Crippen LogP contribution in [0, 0.1) is 13.8 Å². The number of halogens is 1. The number of amides is 1. The number of nitrogens with one attached hydrogen (secondary N) is 1. The first-order valence-corrected chi connectivity index (χ1v) is 6.77. The van der Waals surface area contributed by atoms with Gasteiger partial charge in [-0.05, 0) is 45.4 Å². The Morgan fingerprint density at radius 3 is 2.65 bits per heavy atom. The van der Waals surface area contributed by atoms with Crippen LogP contribution in [0.2, 0.25) is 5.02 Å². The number of rotatable bonds is 3. The quantitative estimate of drug-likeness (QED) is 0.946. The molecule has 20 heavy (non-hydrogen) atoms. The fourth-order valence-electron chi connectivity index (χ4n) is 1.83. The van der Waals surface area contributed by atoms with Crippen LogP contribution in [0.1, 0.15) is 35.6 Å². The highest BCUT2D eigenvalue weighted by Gasteiger charge is 2.18. The molecule has 0 saturated heterocycles. The van der Waals surface area contributed by atoms with Gasteiger partial charge >= 0.3 is 0 Å². The highest BCUT2D eigenvalue weighted by Crippen LogP contribution is 2.20. The molecule has 0 aliphatic heterocycles. The minimum absolute atomic E-state index is 0.0564. The summed E-state index contributed by atoms with van der Waals surface area (Å²) in [6.45, 7) is 7.54. The molecule has 0 spiro atoms. The molecule has 5 nitrogen and oxygen atoms in total. The molecule has 2 rings (SSSR count). The molecule has 0 radical (unpaired) electrons. The van der Waals surface area contributed by atoms with Crippen molar-refractivity contribution >= 4 is 17.5 Å². The number of aromatic nitrogens is 3. The predicted molar refractivity (Wildman–Crippen MR) is 78.4 cm³/mol. The van der Waals surface area contributed by atoms with Crippen molar-refractivity contribution < 1.29 is 4.79 Å². The Balaban J connectivity index is 2.37. The smallest absolute Gasteiger partial charge is 0.273 e. The van der Waals surface area contributed by atoms with Gasteiger partial charge in [-0.15, -0.1) is 5.10 Å². The van der Waals surface area contributed by atoms with Crippen molar-refractivity contribution in [2.24, 2.45) is 0 Å². The van der Waals surface area contributed by atoms with Crippen molar-refractivity contribution in [1.29, 1.82) is 0 Å². The Morgan fingerprint density at radius 1 is 1.35 bits per heavy atom. The topological polar surface area (TPSA) is 59.8 Å². The fraction of sp³-hybridized carbons (Fsp3) is 0.357. The van der Waals surface area contributed by atoms with E-state index in [-0.39, 0.29) is 11.9 Å². The molecule has 2 aromatic rings. The number of aryl methyl sites for hydroxylation is 1. The Bertz CT molecular complexity index is 649. The van der Waals surface area contributed by atoms with Gasteiger partial charge in [-0.25, -0.2) is 4.68 Å². The zero-order valence-corrected chi connectivity index (χ0v) is 12.7. The van der Waals surface area contributed by atoms with Crippen LogP contribution in [0.25, 0.3) is 5.69 Å². The summed E-state index contributed by atoms with van der Waals surface area (Å²) in [6.07, 6.45) is 0. The lowest BCUT2D eigenvalue weighted by Gasteiger charge is -2.07. The van der Waals surface area contributed by atoms with Gasteiger partial charge in [0, 0.05) is 11.1 Å². The molecule has 106 valence electrons. The van der Waals surface area contributed by atoms with Crippen LogP contribution >= 0.6 is 11.6 Å². The summed E-state index contributed by atoms with van der Waals surface area (Å²) in [5.74, 6) is -0.220. The van der Waals surface area contributed by atoms with E-state index < -0.39 is 0 Å². The standard InChI is InChI=1S/C14H17ClN4O/c1-8(2)16-14(20)13-10(4)19(18-17-13)11-6-5-9(3)12(15)7-11/h5-8H,1-4H3,(H,16,20). The summed E-state index contributed by atoms with van der Waals surface area (Å²) in [5, 5.41) is 11.4. The van der Waals surface area contributed by atoms with Crippen molar-refractivity contribution in [3.05, 3.63) is 40.2 Å². The number of carbonyl (C=O) groups excluding carboxylic acids is 1. The Labute approximate surface area is 122 Å². The molecule has 1 heterocycles. The molecule has 1 aromatic carbocycles. The highest BCUT2D eigenvalue weighted by molar-refractivity contribution is 6.31. The molecule has 1 N–H and O–H groups in total. The van der Waals surface area contributed by atoms with Gasteiger partial charge in [0.1, 0.15) is 0 Å². The number of hydrogen-bond donors (Lipinski definition) is 1. The summed E-state index contributed by atoms with van der Waals surface area (Å²) in [7, 11) is 0. The number of hydrogen-bond acceptors (Lipinski definition) is 3. The molecule has 0 aliphatic carbocycles. The largest absolute Gasteiger partial charge is 0.348 e. The molecule has 0 aliphatic rings. The number of carbonyl (C=O) groups is 1. The van der Waals surface area contributed by atoms with Crippen LogP contribution in [0.4, 0.5) is 0 Å². The molecule has 1 aromatic heterocycles. The molecule has 0 fully saturated rings. The summed E-state index contributed by atoms with van der Waals surface area (Å²) in [4.78, 5) is 12.0. The molecular weight excluding hydrogens is 276 g/mol. The summed E-state index contributed by atoms with van der Waals surface area (Å²) < 4.78 is 1.61. The maximum Gasteiger partial charge on any atom is 0.273 e. The van der Waals surface area contributed by atoms with E-state index in [0.717, 1.165) is 11.3 Å². The lowest BCUT2D eigenvalue weighted by molar-refractivity contribution is 0.0937. The van der Waals surface area contributed by atoms with Crippen LogP contribution in [0.3, 0.4) is 0 Å². The summed E-state index contributed by atoms with van der Waals surface area (Å²) in [5.41, 5.74) is 2.79. The molecule has 0 unspecified atom stereocenters. The molecule has 0 saturated carbocycles. The zero-order chi connectivity index (χ0) is 14.9. The van der Waals surface area contributed by atoms with Gasteiger partial charge in [-0.2, -0.15) is 0 Å². The van der Waals surface area contributed by atoms with Gasteiger partial charge in [-0.1, -0.05) is 22.9 Å². The predicted octanol–water partition coefficient (Wildman–Crippen LogP) is 2.68. The van der Waals surface area contributed by atoms with Crippen LogP contribution in [-0.2, 0) is 0 Å². The second-order valence-electron chi connectivity index (χ2n) is 5.00. The average molecular weight is 293 g/mol. The van der Waals surface area contributed by atoms with Crippen molar-refractivity contribution in [3.8, 4) is 5.69 Å². The molecule has 6 heteroatoms.